The monoisotopic (exact) mass is 201 g/mol. The molecular weight excluding hydrogens is 194 g/mol. The highest BCUT2D eigenvalue weighted by molar-refractivity contribution is 7.14. The van der Waals surface area contributed by atoms with E-state index in [4.69, 9.17) is 11.0 Å². The lowest BCUT2D eigenvalue weighted by Crippen LogP contribution is -1.86. The highest BCUT2D eigenvalue weighted by atomic mass is 32.1. The fourth-order valence-electron chi connectivity index (χ4n) is 1.20. The van der Waals surface area contributed by atoms with Crippen LogP contribution in [0.4, 0.5) is 5.00 Å². The number of nitrogens with zero attached hydrogens (tertiary/aromatic N) is 2. The van der Waals surface area contributed by atoms with E-state index in [-0.39, 0.29) is 0 Å². The molecule has 0 fully saturated rings. The van der Waals surface area contributed by atoms with Crippen LogP contribution in [0.2, 0.25) is 0 Å². The van der Waals surface area contributed by atoms with Crippen LogP contribution < -0.4 is 5.73 Å². The van der Waals surface area contributed by atoms with Gasteiger partial charge in [0.05, 0.1) is 11.3 Å². The van der Waals surface area contributed by atoms with E-state index in [2.05, 4.69) is 11.1 Å². The first-order valence-corrected chi connectivity index (χ1v) is 4.89. The zero-order valence-electron chi connectivity index (χ0n) is 7.27. The Morgan fingerprint density at radius 2 is 2.29 bits per heavy atom. The molecule has 2 rings (SSSR count). The minimum absolute atomic E-state index is 0.522. The molecule has 14 heavy (non-hydrogen) atoms. The van der Waals surface area contributed by atoms with Crippen LogP contribution in [0.5, 0.6) is 0 Å². The SMILES string of the molecule is N#Cc1c(-c2ccccn2)csc1N. The van der Waals surface area contributed by atoms with Crippen molar-refractivity contribution < 1.29 is 0 Å². The average molecular weight is 201 g/mol. The Kier molecular flexibility index (Phi) is 2.17. The third kappa shape index (κ3) is 1.34. The average Bonchev–Trinajstić information content (AvgIpc) is 2.61. The molecule has 2 aromatic heterocycles. The smallest absolute Gasteiger partial charge is 0.104 e. The largest absolute Gasteiger partial charge is 0.389 e. The molecule has 0 aliphatic rings. The Balaban J connectivity index is 2.59. The molecule has 2 N–H and O–H groups in total. The molecule has 0 aromatic carbocycles. The summed E-state index contributed by atoms with van der Waals surface area (Å²) in [5.41, 5.74) is 7.78. The Hall–Kier alpha value is -1.86. The van der Waals surface area contributed by atoms with Gasteiger partial charge in [0, 0.05) is 17.1 Å². The van der Waals surface area contributed by atoms with Crippen molar-refractivity contribution >= 4 is 16.3 Å². The number of nitriles is 1. The highest BCUT2D eigenvalue weighted by Gasteiger charge is 2.10. The minimum atomic E-state index is 0.522. The van der Waals surface area contributed by atoms with Crippen LogP contribution in [0, 0.1) is 11.3 Å². The van der Waals surface area contributed by atoms with Crippen LogP contribution in [0.15, 0.2) is 29.8 Å². The number of nitrogens with two attached hydrogens (primary N) is 1. The molecule has 0 saturated carbocycles. The predicted molar refractivity (Wildman–Crippen MR) is 56.7 cm³/mol. The molecule has 2 aromatic rings. The molecule has 0 saturated heterocycles. The number of hydrogen-bond acceptors (Lipinski definition) is 4. The Bertz CT molecular complexity index is 482. The number of rotatable bonds is 1. The standard InChI is InChI=1S/C10H7N3S/c11-5-7-8(6-14-10(7)12)9-3-1-2-4-13-9/h1-4,6H,12H2. The van der Waals surface area contributed by atoms with E-state index in [1.807, 2.05) is 23.6 Å². The predicted octanol–water partition coefficient (Wildman–Crippen LogP) is 2.26. The number of anilines is 1. The van der Waals surface area contributed by atoms with Crippen LogP contribution in [0.3, 0.4) is 0 Å². The number of pyridine rings is 1. The first kappa shape index (κ1) is 8.73. The maximum Gasteiger partial charge on any atom is 0.104 e. The van der Waals surface area contributed by atoms with Gasteiger partial charge in [-0.15, -0.1) is 11.3 Å². The van der Waals surface area contributed by atoms with Gasteiger partial charge in [0.15, 0.2) is 0 Å². The third-order valence-electron chi connectivity index (χ3n) is 1.87. The van der Waals surface area contributed by atoms with E-state index in [9.17, 15) is 0 Å². The van der Waals surface area contributed by atoms with Crippen molar-refractivity contribution in [2.75, 3.05) is 5.73 Å². The van der Waals surface area contributed by atoms with E-state index in [1.165, 1.54) is 11.3 Å². The molecule has 0 spiro atoms. The molecule has 2 heterocycles. The minimum Gasteiger partial charge on any atom is -0.389 e. The highest BCUT2D eigenvalue weighted by Crippen LogP contribution is 2.31. The van der Waals surface area contributed by atoms with Gasteiger partial charge in [0.25, 0.3) is 0 Å². The van der Waals surface area contributed by atoms with Crippen LogP contribution in [-0.2, 0) is 0 Å². The molecule has 0 radical (unpaired) electrons. The van der Waals surface area contributed by atoms with Crippen molar-refractivity contribution in [3.05, 3.63) is 35.3 Å². The summed E-state index contributed by atoms with van der Waals surface area (Å²) in [6, 6.07) is 7.68. The molecular formula is C10H7N3S. The molecule has 0 bridgehead atoms. The summed E-state index contributed by atoms with van der Waals surface area (Å²) in [5.74, 6) is 0. The van der Waals surface area contributed by atoms with Gasteiger partial charge in [-0.05, 0) is 12.1 Å². The second kappa shape index (κ2) is 3.48. The number of hydrogen-bond donors (Lipinski definition) is 1. The molecule has 3 nitrogen and oxygen atoms in total. The van der Waals surface area contributed by atoms with E-state index in [0.29, 0.717) is 10.6 Å². The van der Waals surface area contributed by atoms with Gasteiger partial charge in [-0.1, -0.05) is 6.07 Å². The lowest BCUT2D eigenvalue weighted by atomic mass is 10.1. The lowest BCUT2D eigenvalue weighted by molar-refractivity contribution is 1.33. The van der Waals surface area contributed by atoms with E-state index in [0.717, 1.165) is 11.3 Å². The molecule has 0 aliphatic carbocycles. The van der Waals surface area contributed by atoms with Gasteiger partial charge < -0.3 is 5.73 Å². The van der Waals surface area contributed by atoms with Crippen LogP contribution in [0.1, 0.15) is 5.56 Å². The van der Waals surface area contributed by atoms with Crippen molar-refractivity contribution in [2.24, 2.45) is 0 Å². The Morgan fingerprint density at radius 3 is 2.93 bits per heavy atom. The summed E-state index contributed by atoms with van der Waals surface area (Å²) in [6.07, 6.45) is 1.70. The van der Waals surface area contributed by atoms with Crippen LogP contribution in [0.25, 0.3) is 11.3 Å². The summed E-state index contributed by atoms with van der Waals surface area (Å²) in [7, 11) is 0. The van der Waals surface area contributed by atoms with Crippen molar-refractivity contribution in [1.29, 1.82) is 5.26 Å². The summed E-state index contributed by atoms with van der Waals surface area (Å²) in [6.45, 7) is 0. The number of nitrogen functional groups attached to an aromatic ring is 1. The molecule has 68 valence electrons. The summed E-state index contributed by atoms with van der Waals surface area (Å²) < 4.78 is 0. The summed E-state index contributed by atoms with van der Waals surface area (Å²) >= 11 is 1.37. The number of aromatic nitrogens is 1. The van der Waals surface area contributed by atoms with Crippen molar-refractivity contribution in [3.63, 3.8) is 0 Å². The van der Waals surface area contributed by atoms with Crippen molar-refractivity contribution in [2.45, 2.75) is 0 Å². The molecule has 4 heteroatoms. The second-order valence-electron chi connectivity index (χ2n) is 2.72. The Morgan fingerprint density at radius 1 is 1.43 bits per heavy atom. The van der Waals surface area contributed by atoms with Crippen molar-refractivity contribution in [1.82, 2.24) is 4.98 Å². The van der Waals surface area contributed by atoms with Crippen LogP contribution >= 0.6 is 11.3 Å². The molecule has 0 atom stereocenters. The van der Waals surface area contributed by atoms with Crippen LogP contribution in [-0.4, -0.2) is 4.98 Å². The zero-order valence-corrected chi connectivity index (χ0v) is 8.08. The first-order chi connectivity index (χ1) is 6.83. The van der Waals surface area contributed by atoms with Gasteiger partial charge in [-0.3, -0.25) is 4.98 Å². The van der Waals surface area contributed by atoms with Gasteiger partial charge in [-0.2, -0.15) is 5.26 Å². The molecule has 0 unspecified atom stereocenters. The summed E-state index contributed by atoms with van der Waals surface area (Å²) in [4.78, 5) is 4.17. The van der Waals surface area contributed by atoms with Gasteiger partial charge in [0.2, 0.25) is 0 Å². The number of thiophene rings is 1. The molecule has 0 aliphatic heterocycles. The van der Waals surface area contributed by atoms with Gasteiger partial charge >= 0.3 is 0 Å². The van der Waals surface area contributed by atoms with Crippen molar-refractivity contribution in [3.8, 4) is 17.3 Å². The zero-order chi connectivity index (χ0) is 9.97. The maximum atomic E-state index is 8.90. The van der Waals surface area contributed by atoms with E-state index < -0.39 is 0 Å². The topological polar surface area (TPSA) is 62.7 Å². The first-order valence-electron chi connectivity index (χ1n) is 4.01. The Labute approximate surface area is 85.4 Å². The van der Waals surface area contributed by atoms with Gasteiger partial charge in [-0.25, -0.2) is 0 Å². The van der Waals surface area contributed by atoms with E-state index in [1.54, 1.807) is 6.20 Å². The normalized spacial score (nSPS) is 9.64. The lowest BCUT2D eigenvalue weighted by Gasteiger charge is -1.96. The van der Waals surface area contributed by atoms with Gasteiger partial charge in [0.1, 0.15) is 11.1 Å². The fourth-order valence-corrected chi connectivity index (χ4v) is 1.96. The second-order valence-corrected chi connectivity index (χ2v) is 3.63. The fraction of sp³-hybridized carbons (Fsp3) is 0. The maximum absolute atomic E-state index is 8.90. The third-order valence-corrected chi connectivity index (χ3v) is 2.68. The molecule has 0 amide bonds. The van der Waals surface area contributed by atoms with E-state index >= 15 is 0 Å². The summed E-state index contributed by atoms with van der Waals surface area (Å²) in [5, 5.41) is 11.3. The quantitative estimate of drug-likeness (QED) is 0.769.